The van der Waals surface area contributed by atoms with Crippen LogP contribution in [-0.4, -0.2) is 15.9 Å². The zero-order chi connectivity index (χ0) is 18.5. The molecule has 2 aromatic carbocycles. The average molecular weight is 367 g/mol. The molecule has 1 amide bonds. The van der Waals surface area contributed by atoms with E-state index in [9.17, 15) is 4.79 Å². The first-order valence-corrected chi connectivity index (χ1v) is 8.70. The van der Waals surface area contributed by atoms with E-state index < -0.39 is 0 Å². The molecule has 0 fully saturated rings. The number of halogens is 1. The number of aryl methyl sites for hydroxylation is 2. The van der Waals surface area contributed by atoms with E-state index in [2.05, 4.69) is 27.5 Å². The zero-order valence-electron chi connectivity index (χ0n) is 14.6. The van der Waals surface area contributed by atoms with Crippen LogP contribution in [0.1, 0.15) is 28.7 Å². The molecule has 6 heteroatoms. The predicted octanol–water partition coefficient (Wildman–Crippen LogP) is 5.00. The molecule has 3 aromatic rings. The minimum Gasteiger partial charge on any atom is -0.324 e. The van der Waals surface area contributed by atoms with Crippen molar-refractivity contribution in [2.24, 2.45) is 0 Å². The lowest BCUT2D eigenvalue weighted by molar-refractivity contribution is 0.102. The first-order valence-electron chi connectivity index (χ1n) is 8.32. The molecule has 0 aliphatic heterocycles. The number of carbonyl (C=O) groups excluding carboxylic acids is 1. The monoisotopic (exact) mass is 366 g/mol. The summed E-state index contributed by atoms with van der Waals surface area (Å²) in [6.07, 6.45) is 0.981. The van der Waals surface area contributed by atoms with E-state index in [1.807, 2.05) is 31.2 Å². The third kappa shape index (κ3) is 4.58. The molecule has 26 heavy (non-hydrogen) atoms. The van der Waals surface area contributed by atoms with Gasteiger partial charge in [0, 0.05) is 22.1 Å². The SMILES string of the molecule is CCc1ccc(Nc2nc(C)cc(C(=O)Nc3cccc(Cl)c3)n2)cc1. The molecule has 0 atom stereocenters. The van der Waals surface area contributed by atoms with Gasteiger partial charge in [0.2, 0.25) is 5.95 Å². The molecule has 0 aliphatic carbocycles. The van der Waals surface area contributed by atoms with Crippen molar-refractivity contribution < 1.29 is 4.79 Å². The minimum absolute atomic E-state index is 0.283. The van der Waals surface area contributed by atoms with Crippen LogP contribution in [0.4, 0.5) is 17.3 Å². The molecule has 2 N–H and O–H groups in total. The number of rotatable bonds is 5. The van der Waals surface area contributed by atoms with Gasteiger partial charge in [-0.05, 0) is 55.3 Å². The van der Waals surface area contributed by atoms with Crippen molar-refractivity contribution in [3.63, 3.8) is 0 Å². The Morgan fingerprint density at radius 2 is 1.81 bits per heavy atom. The van der Waals surface area contributed by atoms with Crippen LogP contribution in [-0.2, 0) is 6.42 Å². The molecule has 3 rings (SSSR count). The van der Waals surface area contributed by atoms with Crippen LogP contribution in [0.2, 0.25) is 5.02 Å². The van der Waals surface area contributed by atoms with Crippen molar-refractivity contribution in [3.8, 4) is 0 Å². The molecule has 0 spiro atoms. The minimum atomic E-state index is -0.317. The van der Waals surface area contributed by atoms with Gasteiger partial charge in [0.15, 0.2) is 0 Å². The van der Waals surface area contributed by atoms with Gasteiger partial charge < -0.3 is 10.6 Å². The lowest BCUT2D eigenvalue weighted by Crippen LogP contribution is -2.15. The predicted molar refractivity (Wildman–Crippen MR) is 105 cm³/mol. The average Bonchev–Trinajstić information content (AvgIpc) is 2.62. The summed E-state index contributed by atoms with van der Waals surface area (Å²) in [5.74, 6) is 0.0626. The Labute approximate surface area is 157 Å². The summed E-state index contributed by atoms with van der Waals surface area (Å²) < 4.78 is 0. The summed E-state index contributed by atoms with van der Waals surface area (Å²) >= 11 is 5.95. The molecule has 1 aromatic heterocycles. The first-order chi connectivity index (χ1) is 12.5. The number of nitrogens with one attached hydrogen (secondary N) is 2. The van der Waals surface area contributed by atoms with Crippen LogP contribution in [0.5, 0.6) is 0 Å². The molecule has 0 bridgehead atoms. The fraction of sp³-hybridized carbons (Fsp3) is 0.150. The third-order valence-corrected chi connectivity index (χ3v) is 4.02. The van der Waals surface area contributed by atoms with Crippen molar-refractivity contribution in [1.29, 1.82) is 0 Å². The highest BCUT2D eigenvalue weighted by Crippen LogP contribution is 2.18. The first kappa shape index (κ1) is 17.9. The third-order valence-electron chi connectivity index (χ3n) is 3.79. The van der Waals surface area contributed by atoms with Crippen LogP contribution < -0.4 is 10.6 Å². The second-order valence-corrected chi connectivity index (χ2v) is 6.29. The molecule has 0 radical (unpaired) electrons. The number of nitrogens with zero attached hydrogens (tertiary/aromatic N) is 2. The Kier molecular flexibility index (Phi) is 5.49. The van der Waals surface area contributed by atoms with Crippen LogP contribution in [0.15, 0.2) is 54.6 Å². The Morgan fingerprint density at radius 1 is 1.04 bits per heavy atom. The molecule has 0 aliphatic rings. The highest BCUT2D eigenvalue weighted by atomic mass is 35.5. The van der Waals surface area contributed by atoms with Gasteiger partial charge in [-0.25, -0.2) is 9.97 Å². The Bertz CT molecular complexity index is 925. The van der Waals surface area contributed by atoms with Gasteiger partial charge >= 0.3 is 0 Å². The molecule has 0 saturated heterocycles. The van der Waals surface area contributed by atoms with Gasteiger partial charge in [-0.15, -0.1) is 0 Å². The standard InChI is InChI=1S/C20H19ClN4O/c1-3-14-7-9-16(10-8-14)24-20-22-13(2)11-18(25-20)19(26)23-17-6-4-5-15(21)12-17/h4-12H,3H2,1-2H3,(H,23,26)(H,22,24,25). The van der Waals surface area contributed by atoms with Crippen molar-refractivity contribution in [1.82, 2.24) is 9.97 Å². The molecule has 132 valence electrons. The number of hydrogen-bond acceptors (Lipinski definition) is 4. The lowest BCUT2D eigenvalue weighted by atomic mass is 10.1. The van der Waals surface area contributed by atoms with E-state index in [1.165, 1.54) is 5.56 Å². The quantitative estimate of drug-likeness (QED) is 0.667. The molecule has 0 saturated carbocycles. The number of benzene rings is 2. The molecular weight excluding hydrogens is 348 g/mol. The van der Waals surface area contributed by atoms with Crippen LogP contribution in [0.25, 0.3) is 0 Å². The zero-order valence-corrected chi connectivity index (χ0v) is 15.3. The van der Waals surface area contributed by atoms with Crippen LogP contribution in [0.3, 0.4) is 0 Å². The summed E-state index contributed by atoms with van der Waals surface area (Å²) in [6.45, 7) is 3.93. The van der Waals surface area contributed by atoms with Gasteiger partial charge in [-0.1, -0.05) is 36.7 Å². The molecule has 0 unspecified atom stereocenters. The van der Waals surface area contributed by atoms with E-state index in [0.717, 1.165) is 12.1 Å². The van der Waals surface area contributed by atoms with Crippen molar-refractivity contribution in [2.75, 3.05) is 10.6 Å². The fourth-order valence-electron chi connectivity index (χ4n) is 2.46. The maximum atomic E-state index is 12.5. The summed E-state index contributed by atoms with van der Waals surface area (Å²) in [5.41, 5.74) is 3.72. The summed E-state index contributed by atoms with van der Waals surface area (Å²) in [4.78, 5) is 21.2. The number of anilines is 3. The number of hydrogen-bond donors (Lipinski definition) is 2. The fourth-order valence-corrected chi connectivity index (χ4v) is 2.65. The second kappa shape index (κ2) is 7.97. The summed E-state index contributed by atoms with van der Waals surface area (Å²) in [5, 5.41) is 6.49. The maximum Gasteiger partial charge on any atom is 0.274 e. The Morgan fingerprint density at radius 3 is 2.50 bits per heavy atom. The van der Waals surface area contributed by atoms with Gasteiger partial charge in [-0.3, -0.25) is 4.79 Å². The smallest absolute Gasteiger partial charge is 0.274 e. The van der Waals surface area contributed by atoms with Crippen molar-refractivity contribution >= 4 is 34.8 Å². The van der Waals surface area contributed by atoms with Gasteiger partial charge in [0.05, 0.1) is 0 Å². The van der Waals surface area contributed by atoms with Crippen LogP contribution >= 0.6 is 11.6 Å². The Hall–Kier alpha value is -2.92. The highest BCUT2D eigenvalue weighted by molar-refractivity contribution is 6.30. The Balaban J connectivity index is 1.79. The lowest BCUT2D eigenvalue weighted by Gasteiger charge is -2.09. The normalized spacial score (nSPS) is 10.4. The maximum absolute atomic E-state index is 12.5. The van der Waals surface area contributed by atoms with E-state index in [4.69, 9.17) is 11.6 Å². The highest BCUT2D eigenvalue weighted by Gasteiger charge is 2.11. The topological polar surface area (TPSA) is 66.9 Å². The number of carbonyl (C=O) groups is 1. The van der Waals surface area contributed by atoms with E-state index >= 15 is 0 Å². The number of aromatic nitrogens is 2. The number of amides is 1. The van der Waals surface area contributed by atoms with Gasteiger partial charge in [0.1, 0.15) is 5.69 Å². The van der Waals surface area contributed by atoms with E-state index in [0.29, 0.717) is 22.4 Å². The second-order valence-electron chi connectivity index (χ2n) is 5.86. The molecule has 5 nitrogen and oxygen atoms in total. The van der Waals surface area contributed by atoms with Gasteiger partial charge in [-0.2, -0.15) is 0 Å². The molecular formula is C20H19ClN4O. The van der Waals surface area contributed by atoms with Crippen LogP contribution in [0, 0.1) is 6.92 Å². The van der Waals surface area contributed by atoms with Gasteiger partial charge in [0.25, 0.3) is 5.91 Å². The largest absolute Gasteiger partial charge is 0.324 e. The van der Waals surface area contributed by atoms with Crippen molar-refractivity contribution in [3.05, 3.63) is 76.6 Å². The molecule has 1 heterocycles. The van der Waals surface area contributed by atoms with E-state index in [1.54, 1.807) is 30.3 Å². The summed E-state index contributed by atoms with van der Waals surface area (Å²) in [7, 11) is 0. The summed E-state index contributed by atoms with van der Waals surface area (Å²) in [6, 6.07) is 16.6. The van der Waals surface area contributed by atoms with Crippen molar-refractivity contribution in [2.45, 2.75) is 20.3 Å². The van der Waals surface area contributed by atoms with E-state index in [-0.39, 0.29) is 11.6 Å².